The number of nitrogens with one attached hydrogen (secondary N) is 1. The Morgan fingerprint density at radius 3 is 2.70 bits per heavy atom. The second-order valence-electron chi connectivity index (χ2n) is 5.89. The van der Waals surface area contributed by atoms with E-state index in [1.54, 1.807) is 0 Å². The number of amides is 1. The number of benzene rings is 1. The number of hydrogen-bond acceptors (Lipinski definition) is 3. The van der Waals surface area contributed by atoms with E-state index in [9.17, 15) is 4.79 Å². The lowest BCUT2D eigenvalue weighted by molar-refractivity contribution is -0.136. The van der Waals surface area contributed by atoms with Gasteiger partial charge in [0, 0.05) is 18.7 Å². The van der Waals surface area contributed by atoms with Gasteiger partial charge in [-0.05, 0) is 31.2 Å². The molecule has 1 aliphatic carbocycles. The van der Waals surface area contributed by atoms with Gasteiger partial charge in [-0.3, -0.25) is 4.79 Å². The maximum Gasteiger partial charge on any atom is 0.226 e. The van der Waals surface area contributed by atoms with E-state index < -0.39 is 0 Å². The molecule has 3 rings (SSSR count). The third-order valence-electron chi connectivity index (χ3n) is 4.31. The topological polar surface area (TPSA) is 64.3 Å². The monoisotopic (exact) mass is 274 g/mol. The van der Waals surface area contributed by atoms with E-state index in [1.807, 2.05) is 30.3 Å². The lowest BCUT2D eigenvalue weighted by atomic mass is 9.85. The van der Waals surface area contributed by atoms with Gasteiger partial charge < -0.3 is 15.8 Å². The zero-order valence-electron chi connectivity index (χ0n) is 11.6. The van der Waals surface area contributed by atoms with Crippen LogP contribution in [0.1, 0.15) is 37.4 Å². The van der Waals surface area contributed by atoms with Crippen molar-refractivity contribution in [2.75, 3.05) is 6.61 Å². The van der Waals surface area contributed by atoms with Crippen LogP contribution < -0.4 is 11.1 Å². The van der Waals surface area contributed by atoms with Gasteiger partial charge >= 0.3 is 0 Å². The SMILES string of the molecule is NC1CC(NC(=O)C2CCCOC2c2ccccc2)C1. The van der Waals surface area contributed by atoms with Gasteiger partial charge in [-0.15, -0.1) is 0 Å². The number of ether oxygens (including phenoxy) is 1. The molecule has 1 heterocycles. The molecule has 1 amide bonds. The molecule has 4 heteroatoms. The van der Waals surface area contributed by atoms with Crippen molar-refractivity contribution in [1.82, 2.24) is 5.32 Å². The van der Waals surface area contributed by atoms with E-state index in [4.69, 9.17) is 10.5 Å². The van der Waals surface area contributed by atoms with Crippen LogP contribution in [-0.4, -0.2) is 24.6 Å². The summed E-state index contributed by atoms with van der Waals surface area (Å²) in [6, 6.07) is 10.6. The van der Waals surface area contributed by atoms with E-state index in [0.29, 0.717) is 0 Å². The zero-order valence-corrected chi connectivity index (χ0v) is 11.6. The molecule has 1 saturated carbocycles. The first-order chi connectivity index (χ1) is 9.74. The Labute approximate surface area is 119 Å². The summed E-state index contributed by atoms with van der Waals surface area (Å²) in [5, 5.41) is 3.12. The fourth-order valence-electron chi connectivity index (χ4n) is 3.11. The Kier molecular flexibility index (Phi) is 4.03. The van der Waals surface area contributed by atoms with Crippen LogP contribution in [0.3, 0.4) is 0 Å². The van der Waals surface area contributed by atoms with Crippen LogP contribution in [-0.2, 0) is 9.53 Å². The van der Waals surface area contributed by atoms with E-state index in [1.165, 1.54) is 0 Å². The molecule has 0 bridgehead atoms. The average molecular weight is 274 g/mol. The summed E-state index contributed by atoms with van der Waals surface area (Å²) < 4.78 is 5.87. The van der Waals surface area contributed by atoms with Crippen LogP contribution in [0.5, 0.6) is 0 Å². The Balaban J connectivity index is 1.67. The van der Waals surface area contributed by atoms with Crippen molar-refractivity contribution >= 4 is 5.91 Å². The second kappa shape index (κ2) is 5.94. The summed E-state index contributed by atoms with van der Waals surface area (Å²) in [5.41, 5.74) is 6.86. The lowest BCUT2D eigenvalue weighted by Crippen LogP contribution is -2.52. The summed E-state index contributed by atoms with van der Waals surface area (Å²) in [7, 11) is 0. The molecule has 2 fully saturated rings. The highest BCUT2D eigenvalue weighted by molar-refractivity contribution is 5.80. The summed E-state index contributed by atoms with van der Waals surface area (Å²) in [6.07, 6.45) is 3.53. The zero-order chi connectivity index (χ0) is 13.9. The smallest absolute Gasteiger partial charge is 0.226 e. The standard InChI is InChI=1S/C16H22N2O2/c17-12-9-13(10-12)18-16(19)14-7-4-8-20-15(14)11-5-2-1-3-6-11/h1-3,5-6,12-15H,4,7-10,17H2,(H,18,19). The maximum atomic E-state index is 12.5. The Morgan fingerprint density at radius 1 is 1.25 bits per heavy atom. The Bertz CT molecular complexity index is 457. The first-order valence-corrected chi connectivity index (χ1v) is 7.46. The molecule has 2 aliphatic rings. The first kappa shape index (κ1) is 13.6. The van der Waals surface area contributed by atoms with Crippen LogP contribution in [0.4, 0.5) is 0 Å². The van der Waals surface area contributed by atoms with Crippen molar-refractivity contribution in [2.45, 2.75) is 43.9 Å². The number of nitrogens with two attached hydrogens (primary N) is 1. The maximum absolute atomic E-state index is 12.5. The second-order valence-corrected chi connectivity index (χ2v) is 5.89. The van der Waals surface area contributed by atoms with Crippen molar-refractivity contribution in [3.63, 3.8) is 0 Å². The van der Waals surface area contributed by atoms with E-state index in [2.05, 4.69) is 5.32 Å². The minimum absolute atomic E-state index is 0.0806. The third kappa shape index (κ3) is 2.86. The van der Waals surface area contributed by atoms with Gasteiger partial charge in [0.15, 0.2) is 0 Å². The number of carbonyl (C=O) groups is 1. The first-order valence-electron chi connectivity index (χ1n) is 7.46. The van der Waals surface area contributed by atoms with Gasteiger partial charge in [-0.25, -0.2) is 0 Å². The highest BCUT2D eigenvalue weighted by atomic mass is 16.5. The summed E-state index contributed by atoms with van der Waals surface area (Å²) in [4.78, 5) is 12.5. The molecule has 1 aromatic rings. The third-order valence-corrected chi connectivity index (χ3v) is 4.31. The number of hydrogen-bond donors (Lipinski definition) is 2. The van der Waals surface area contributed by atoms with Gasteiger partial charge in [0.05, 0.1) is 12.0 Å². The summed E-state index contributed by atoms with van der Waals surface area (Å²) in [6.45, 7) is 0.734. The molecule has 0 aromatic heterocycles. The molecule has 3 N–H and O–H groups in total. The van der Waals surface area contributed by atoms with Crippen LogP contribution in [0.25, 0.3) is 0 Å². The minimum Gasteiger partial charge on any atom is -0.373 e. The molecular weight excluding hydrogens is 252 g/mol. The van der Waals surface area contributed by atoms with Crippen LogP contribution in [0.2, 0.25) is 0 Å². The van der Waals surface area contributed by atoms with Gasteiger partial charge in [0.25, 0.3) is 0 Å². The van der Waals surface area contributed by atoms with Crippen LogP contribution in [0, 0.1) is 5.92 Å². The molecule has 2 unspecified atom stereocenters. The molecule has 108 valence electrons. The molecule has 1 aromatic carbocycles. The van der Waals surface area contributed by atoms with Gasteiger partial charge in [-0.2, -0.15) is 0 Å². The van der Waals surface area contributed by atoms with Crippen molar-refractivity contribution < 1.29 is 9.53 Å². The molecule has 1 saturated heterocycles. The molecule has 2 atom stereocenters. The molecule has 0 radical (unpaired) electrons. The van der Waals surface area contributed by atoms with Crippen LogP contribution in [0.15, 0.2) is 30.3 Å². The molecular formula is C16H22N2O2. The van der Waals surface area contributed by atoms with Gasteiger partial charge in [0.1, 0.15) is 0 Å². The minimum atomic E-state index is -0.112. The Hall–Kier alpha value is -1.39. The highest BCUT2D eigenvalue weighted by Gasteiger charge is 2.35. The normalized spacial score (nSPS) is 33.2. The van der Waals surface area contributed by atoms with Crippen molar-refractivity contribution in [2.24, 2.45) is 11.7 Å². The largest absolute Gasteiger partial charge is 0.373 e. The average Bonchev–Trinajstić information content (AvgIpc) is 2.46. The van der Waals surface area contributed by atoms with Gasteiger partial charge in [-0.1, -0.05) is 30.3 Å². The molecule has 0 spiro atoms. The van der Waals surface area contributed by atoms with Crippen molar-refractivity contribution in [1.29, 1.82) is 0 Å². The predicted octanol–water partition coefficient (Wildman–Crippen LogP) is 1.76. The molecule has 20 heavy (non-hydrogen) atoms. The molecule has 4 nitrogen and oxygen atoms in total. The fraction of sp³-hybridized carbons (Fsp3) is 0.562. The predicted molar refractivity (Wildman–Crippen MR) is 77.0 cm³/mol. The Morgan fingerprint density at radius 2 is 2.00 bits per heavy atom. The summed E-state index contributed by atoms with van der Waals surface area (Å²) >= 11 is 0. The quantitative estimate of drug-likeness (QED) is 0.882. The summed E-state index contributed by atoms with van der Waals surface area (Å²) in [5.74, 6) is 0.0402. The number of carbonyl (C=O) groups excluding carboxylic acids is 1. The molecule has 1 aliphatic heterocycles. The highest BCUT2D eigenvalue weighted by Crippen LogP contribution is 2.34. The van der Waals surface area contributed by atoms with E-state index >= 15 is 0 Å². The van der Waals surface area contributed by atoms with Crippen LogP contribution >= 0.6 is 0 Å². The lowest BCUT2D eigenvalue weighted by Gasteiger charge is -2.36. The fourth-order valence-corrected chi connectivity index (χ4v) is 3.11. The van der Waals surface area contributed by atoms with Gasteiger partial charge in [0.2, 0.25) is 5.91 Å². The van der Waals surface area contributed by atoms with Crippen molar-refractivity contribution in [3.8, 4) is 0 Å². The number of rotatable bonds is 3. The van der Waals surface area contributed by atoms with Crippen molar-refractivity contribution in [3.05, 3.63) is 35.9 Å². The van der Waals surface area contributed by atoms with E-state index in [-0.39, 0.29) is 30.0 Å². The van der Waals surface area contributed by atoms with E-state index in [0.717, 1.165) is 37.9 Å².